The van der Waals surface area contributed by atoms with Gasteiger partial charge >= 0.3 is 0 Å². The number of carbonyl (C=O) groups is 1. The first kappa shape index (κ1) is 17.2. The van der Waals surface area contributed by atoms with Crippen LogP contribution >= 0.6 is 0 Å². The standard InChI is InChI=1S/C22H29N3O2/c26-21-8-6-19(23-24-21)16-5-7-20-17(15-16)9-10-22(27-20)11-13-25(14-12-22)18-3-1-2-4-18/h5,7,15,18H,1-4,6,8-14H2,(H,24,26). The van der Waals surface area contributed by atoms with Crippen molar-refractivity contribution in [3.05, 3.63) is 29.3 Å². The molecule has 0 atom stereocenters. The maximum absolute atomic E-state index is 11.3. The number of benzene rings is 1. The summed E-state index contributed by atoms with van der Waals surface area (Å²) < 4.78 is 6.59. The van der Waals surface area contributed by atoms with E-state index in [1.54, 1.807) is 0 Å². The van der Waals surface area contributed by atoms with Gasteiger partial charge in [0.15, 0.2) is 0 Å². The lowest BCUT2D eigenvalue weighted by atomic mass is 9.82. The Morgan fingerprint density at radius 3 is 2.63 bits per heavy atom. The zero-order valence-electron chi connectivity index (χ0n) is 16.0. The van der Waals surface area contributed by atoms with Crippen LogP contribution in [0.25, 0.3) is 0 Å². The molecule has 0 aromatic heterocycles. The van der Waals surface area contributed by atoms with Crippen molar-refractivity contribution in [2.75, 3.05) is 13.1 Å². The molecule has 1 saturated carbocycles. The van der Waals surface area contributed by atoms with Crippen LogP contribution in [0.2, 0.25) is 0 Å². The normalized spacial score (nSPS) is 25.6. The van der Waals surface area contributed by atoms with Gasteiger partial charge in [0.05, 0.1) is 5.71 Å². The molecule has 1 aliphatic carbocycles. The first-order valence-electron chi connectivity index (χ1n) is 10.6. The number of piperidine rings is 1. The lowest BCUT2D eigenvalue weighted by molar-refractivity contribution is -0.121. The molecule has 1 N–H and O–H groups in total. The maximum atomic E-state index is 11.3. The Morgan fingerprint density at radius 2 is 1.89 bits per heavy atom. The second-order valence-electron chi connectivity index (χ2n) is 8.68. The average Bonchev–Trinajstić information content (AvgIpc) is 3.24. The Hall–Kier alpha value is -1.88. The van der Waals surface area contributed by atoms with Gasteiger partial charge in [0, 0.05) is 32.0 Å². The number of hydrogen-bond acceptors (Lipinski definition) is 4. The van der Waals surface area contributed by atoms with Crippen molar-refractivity contribution in [1.29, 1.82) is 0 Å². The summed E-state index contributed by atoms with van der Waals surface area (Å²) in [6.07, 6.45) is 11.3. The third-order valence-electron chi connectivity index (χ3n) is 7.02. The van der Waals surface area contributed by atoms with Crippen molar-refractivity contribution < 1.29 is 9.53 Å². The number of nitrogens with one attached hydrogen (secondary N) is 1. The highest BCUT2D eigenvalue weighted by atomic mass is 16.5. The lowest BCUT2D eigenvalue weighted by Gasteiger charge is -2.46. The van der Waals surface area contributed by atoms with E-state index in [0.717, 1.165) is 48.7 Å². The number of likely N-dealkylation sites (tertiary alicyclic amines) is 1. The first-order valence-corrected chi connectivity index (χ1v) is 10.6. The average molecular weight is 367 g/mol. The summed E-state index contributed by atoms with van der Waals surface area (Å²) in [6, 6.07) is 7.26. The van der Waals surface area contributed by atoms with Gasteiger partial charge in [-0.25, -0.2) is 5.43 Å². The summed E-state index contributed by atoms with van der Waals surface area (Å²) in [6.45, 7) is 2.38. The predicted octanol–water partition coefficient (Wildman–Crippen LogP) is 3.40. The third-order valence-corrected chi connectivity index (χ3v) is 7.02. The molecule has 1 spiro atoms. The molecule has 5 heteroatoms. The van der Waals surface area contributed by atoms with Crippen LogP contribution in [-0.2, 0) is 11.2 Å². The van der Waals surface area contributed by atoms with E-state index in [0.29, 0.717) is 12.8 Å². The summed E-state index contributed by atoms with van der Waals surface area (Å²) in [4.78, 5) is 14.0. The molecule has 0 unspecified atom stereocenters. The quantitative estimate of drug-likeness (QED) is 0.872. The fourth-order valence-electron chi connectivity index (χ4n) is 5.30. The molecule has 144 valence electrons. The number of hydrogen-bond donors (Lipinski definition) is 1. The molecule has 3 aliphatic heterocycles. The molecule has 4 aliphatic rings. The van der Waals surface area contributed by atoms with Gasteiger partial charge < -0.3 is 9.64 Å². The molecular formula is C22H29N3O2. The number of aryl methyl sites for hydroxylation is 1. The first-order chi connectivity index (χ1) is 13.2. The SMILES string of the molecule is O=C1CCC(c2ccc3c(c2)CCC2(CCN(C4CCCC4)CC2)O3)=NN1. The van der Waals surface area contributed by atoms with Crippen molar-refractivity contribution in [3.63, 3.8) is 0 Å². The van der Waals surface area contributed by atoms with Gasteiger partial charge in [-0.05, 0) is 67.9 Å². The molecule has 0 radical (unpaired) electrons. The van der Waals surface area contributed by atoms with Crippen LogP contribution < -0.4 is 10.2 Å². The molecular weight excluding hydrogens is 338 g/mol. The highest BCUT2D eigenvalue weighted by molar-refractivity contribution is 6.04. The number of rotatable bonds is 2. The van der Waals surface area contributed by atoms with E-state index in [9.17, 15) is 4.79 Å². The molecule has 1 amide bonds. The minimum atomic E-state index is 0.00549. The topological polar surface area (TPSA) is 53.9 Å². The molecule has 3 heterocycles. The number of hydrazone groups is 1. The van der Waals surface area contributed by atoms with Gasteiger partial charge in [-0.15, -0.1) is 0 Å². The van der Waals surface area contributed by atoms with Crippen LogP contribution in [0.3, 0.4) is 0 Å². The summed E-state index contributed by atoms with van der Waals surface area (Å²) in [5.41, 5.74) is 6.02. The van der Waals surface area contributed by atoms with E-state index in [2.05, 4.69) is 33.6 Å². The predicted molar refractivity (Wildman–Crippen MR) is 105 cm³/mol. The molecule has 1 aromatic rings. The van der Waals surface area contributed by atoms with E-state index in [1.807, 2.05) is 0 Å². The fourth-order valence-corrected chi connectivity index (χ4v) is 5.30. The summed E-state index contributed by atoms with van der Waals surface area (Å²) in [7, 11) is 0. The van der Waals surface area contributed by atoms with Crippen molar-refractivity contribution >= 4 is 11.6 Å². The van der Waals surface area contributed by atoms with Crippen molar-refractivity contribution in [3.8, 4) is 5.75 Å². The number of nitrogens with zero attached hydrogens (tertiary/aromatic N) is 2. The molecule has 5 rings (SSSR count). The largest absolute Gasteiger partial charge is 0.487 e. The van der Waals surface area contributed by atoms with Gasteiger partial charge in [0.1, 0.15) is 11.4 Å². The molecule has 5 nitrogen and oxygen atoms in total. The Kier molecular flexibility index (Phi) is 4.43. The number of ether oxygens (including phenoxy) is 1. The molecule has 27 heavy (non-hydrogen) atoms. The van der Waals surface area contributed by atoms with Crippen molar-refractivity contribution in [2.45, 2.75) is 75.9 Å². The summed E-state index contributed by atoms with van der Waals surface area (Å²) >= 11 is 0. The van der Waals surface area contributed by atoms with Crippen LogP contribution in [0.4, 0.5) is 0 Å². The Balaban J connectivity index is 1.27. The minimum absolute atomic E-state index is 0.00549. The van der Waals surface area contributed by atoms with Crippen molar-refractivity contribution in [1.82, 2.24) is 10.3 Å². The summed E-state index contributed by atoms with van der Waals surface area (Å²) in [5.74, 6) is 1.06. The highest BCUT2D eigenvalue weighted by Crippen LogP contribution is 2.41. The van der Waals surface area contributed by atoms with Gasteiger partial charge in [0.25, 0.3) is 0 Å². The molecule has 2 fully saturated rings. The van der Waals surface area contributed by atoms with E-state index >= 15 is 0 Å². The summed E-state index contributed by atoms with van der Waals surface area (Å²) in [5, 5.41) is 4.23. The Labute approximate surface area is 161 Å². The van der Waals surface area contributed by atoms with Gasteiger partial charge in [0.2, 0.25) is 5.91 Å². The zero-order valence-corrected chi connectivity index (χ0v) is 16.0. The van der Waals surface area contributed by atoms with Crippen LogP contribution in [0.15, 0.2) is 23.3 Å². The van der Waals surface area contributed by atoms with Crippen LogP contribution in [0.1, 0.15) is 68.9 Å². The van der Waals surface area contributed by atoms with Gasteiger partial charge in [-0.2, -0.15) is 5.10 Å². The van der Waals surface area contributed by atoms with Gasteiger partial charge in [-0.3, -0.25) is 4.79 Å². The van der Waals surface area contributed by atoms with E-state index in [-0.39, 0.29) is 11.5 Å². The van der Waals surface area contributed by atoms with Crippen LogP contribution in [0.5, 0.6) is 5.75 Å². The number of carbonyl (C=O) groups excluding carboxylic acids is 1. The van der Waals surface area contributed by atoms with E-state index in [1.165, 1.54) is 44.3 Å². The second kappa shape index (κ2) is 6.93. The lowest BCUT2D eigenvalue weighted by Crippen LogP contribution is -2.51. The third kappa shape index (κ3) is 3.38. The van der Waals surface area contributed by atoms with Crippen LogP contribution in [0, 0.1) is 0 Å². The maximum Gasteiger partial charge on any atom is 0.240 e. The second-order valence-corrected chi connectivity index (χ2v) is 8.68. The van der Waals surface area contributed by atoms with Gasteiger partial charge in [-0.1, -0.05) is 12.8 Å². The van der Waals surface area contributed by atoms with Crippen molar-refractivity contribution in [2.24, 2.45) is 5.10 Å². The zero-order chi connectivity index (χ0) is 18.3. The Bertz CT molecular complexity index is 759. The fraction of sp³-hybridized carbons (Fsp3) is 0.636. The van der Waals surface area contributed by atoms with E-state index < -0.39 is 0 Å². The number of amides is 1. The minimum Gasteiger partial charge on any atom is -0.487 e. The monoisotopic (exact) mass is 367 g/mol. The molecule has 1 aromatic carbocycles. The Morgan fingerprint density at radius 1 is 1.07 bits per heavy atom. The van der Waals surface area contributed by atoms with E-state index in [4.69, 9.17) is 4.74 Å². The highest BCUT2D eigenvalue weighted by Gasteiger charge is 2.41. The van der Waals surface area contributed by atoms with Crippen LogP contribution in [-0.4, -0.2) is 41.3 Å². The molecule has 1 saturated heterocycles. The molecule has 0 bridgehead atoms. The number of fused-ring (bicyclic) bond motifs is 1. The smallest absolute Gasteiger partial charge is 0.240 e.